The van der Waals surface area contributed by atoms with Gasteiger partial charge in [0.15, 0.2) is 5.75 Å². The number of benzene rings is 3. The molecule has 5 nitrogen and oxygen atoms in total. The van der Waals surface area contributed by atoms with Crippen molar-refractivity contribution >= 4 is 64.6 Å². The van der Waals surface area contributed by atoms with Gasteiger partial charge in [-0.05, 0) is 51.0 Å². The van der Waals surface area contributed by atoms with Gasteiger partial charge in [0.05, 0.1) is 33.3 Å². The fraction of sp³-hybridized carbons (Fsp3) is 0.0870. The monoisotopic (exact) mass is 521 g/mol. The van der Waals surface area contributed by atoms with E-state index in [1.54, 1.807) is 10.6 Å². The zero-order valence-corrected chi connectivity index (χ0v) is 18.7. The van der Waals surface area contributed by atoms with E-state index in [0.717, 1.165) is 53.0 Å². The number of nitrogens with zero attached hydrogens (tertiary/aromatic N) is 3. The third-order valence-corrected chi connectivity index (χ3v) is 6.72. The molecule has 3 aromatic carbocycles. The van der Waals surface area contributed by atoms with E-state index in [0.29, 0.717) is 12.3 Å². The molecule has 30 heavy (non-hydrogen) atoms. The van der Waals surface area contributed by atoms with Crippen molar-refractivity contribution in [2.45, 2.75) is 13.2 Å². The minimum Gasteiger partial charge on any atom is -0.484 e. The summed E-state index contributed by atoms with van der Waals surface area (Å²) in [6, 6.07) is 17.6. The second-order valence-corrected chi connectivity index (χ2v) is 8.99. The van der Waals surface area contributed by atoms with Crippen molar-refractivity contribution in [1.29, 1.82) is 0 Å². The van der Waals surface area contributed by atoms with Crippen molar-refractivity contribution in [3.63, 3.8) is 0 Å². The lowest BCUT2D eigenvalue weighted by molar-refractivity contribution is 0.297. The highest BCUT2D eigenvalue weighted by molar-refractivity contribution is 9.11. The van der Waals surface area contributed by atoms with Crippen molar-refractivity contribution in [1.82, 2.24) is 14.5 Å². The number of rotatable bonds is 0. The largest absolute Gasteiger partial charge is 0.484 e. The summed E-state index contributed by atoms with van der Waals surface area (Å²) in [5.41, 5.74) is 3.75. The van der Waals surface area contributed by atoms with Crippen LogP contribution in [0.1, 0.15) is 11.4 Å². The highest BCUT2D eigenvalue weighted by Crippen LogP contribution is 2.39. The SMILES string of the molecule is O=c1ccc2c(Br)cc(Br)c3c2n1Cc1nc2cc4ccccc4cc2nc1CO3. The van der Waals surface area contributed by atoms with Crippen molar-refractivity contribution in [3.05, 3.63) is 85.3 Å². The predicted octanol–water partition coefficient (Wildman–Crippen LogP) is 5.56. The number of fused-ring (bicyclic) bond motifs is 3. The molecule has 0 saturated heterocycles. The van der Waals surface area contributed by atoms with Gasteiger partial charge in [-0.2, -0.15) is 0 Å². The molecular formula is C23H13Br2N3O2. The Balaban J connectivity index is 1.64. The Kier molecular flexibility index (Phi) is 3.98. The number of hydrogen-bond donors (Lipinski definition) is 0. The smallest absolute Gasteiger partial charge is 0.251 e. The molecule has 1 aliphatic heterocycles. The molecule has 6 rings (SSSR count). The summed E-state index contributed by atoms with van der Waals surface area (Å²) in [4.78, 5) is 22.6. The Morgan fingerprint density at radius 2 is 1.57 bits per heavy atom. The van der Waals surface area contributed by atoms with Crippen LogP contribution in [0.3, 0.4) is 0 Å². The van der Waals surface area contributed by atoms with Crippen LogP contribution in [0.15, 0.2) is 68.3 Å². The Labute approximate surface area is 187 Å². The van der Waals surface area contributed by atoms with E-state index in [-0.39, 0.29) is 12.2 Å². The maximum Gasteiger partial charge on any atom is 0.251 e. The van der Waals surface area contributed by atoms with Gasteiger partial charge >= 0.3 is 0 Å². The van der Waals surface area contributed by atoms with E-state index in [2.05, 4.69) is 44.0 Å². The van der Waals surface area contributed by atoms with Crippen molar-refractivity contribution in [2.24, 2.45) is 0 Å². The first kappa shape index (κ1) is 18.0. The van der Waals surface area contributed by atoms with E-state index in [1.807, 2.05) is 36.4 Å². The maximum absolute atomic E-state index is 12.8. The van der Waals surface area contributed by atoms with Crippen LogP contribution in [0, 0.1) is 0 Å². The summed E-state index contributed by atoms with van der Waals surface area (Å²) in [6.07, 6.45) is 0. The average molecular weight is 523 g/mol. The zero-order chi connectivity index (χ0) is 20.4. The zero-order valence-electron chi connectivity index (χ0n) is 15.5. The van der Waals surface area contributed by atoms with Crippen LogP contribution >= 0.6 is 31.9 Å². The molecular weight excluding hydrogens is 510 g/mol. The van der Waals surface area contributed by atoms with Gasteiger partial charge in [-0.15, -0.1) is 0 Å². The first-order valence-electron chi connectivity index (χ1n) is 9.41. The summed E-state index contributed by atoms with van der Waals surface area (Å²) in [6.45, 7) is 0.615. The molecule has 1 aliphatic rings. The molecule has 0 amide bonds. The van der Waals surface area contributed by atoms with Gasteiger partial charge in [-0.1, -0.05) is 40.2 Å². The summed E-state index contributed by atoms with van der Waals surface area (Å²) < 4.78 is 9.56. The standard InChI is InChI=1S/C23H13Br2N3O2/c24-15-9-16(25)23-22-14(15)5-6-21(29)28(22)10-19-20(11-30-23)27-18-8-13-4-2-1-3-12(13)7-17(18)26-19/h1-9H,10-11H2. The quantitative estimate of drug-likeness (QED) is 0.250. The molecule has 0 fully saturated rings. The molecule has 0 atom stereocenters. The number of aromatic nitrogens is 3. The number of pyridine rings is 1. The highest BCUT2D eigenvalue weighted by atomic mass is 79.9. The summed E-state index contributed by atoms with van der Waals surface area (Å²) in [5, 5.41) is 3.14. The van der Waals surface area contributed by atoms with Crippen LogP contribution in [0.2, 0.25) is 0 Å². The van der Waals surface area contributed by atoms with Crippen LogP contribution in [-0.2, 0) is 13.2 Å². The molecule has 3 heterocycles. The van der Waals surface area contributed by atoms with E-state index in [1.165, 1.54) is 0 Å². The fourth-order valence-corrected chi connectivity index (χ4v) is 5.41. The third kappa shape index (κ3) is 2.69. The van der Waals surface area contributed by atoms with Crippen molar-refractivity contribution in [3.8, 4) is 5.75 Å². The first-order chi connectivity index (χ1) is 14.6. The van der Waals surface area contributed by atoms with E-state index in [4.69, 9.17) is 14.7 Å². The molecule has 0 radical (unpaired) electrons. The second kappa shape index (κ2) is 6.62. The van der Waals surface area contributed by atoms with Gasteiger partial charge in [0.2, 0.25) is 0 Å². The number of ether oxygens (including phenoxy) is 1. The van der Waals surface area contributed by atoms with E-state index < -0.39 is 0 Å². The maximum atomic E-state index is 12.8. The van der Waals surface area contributed by atoms with Crippen LogP contribution in [0.4, 0.5) is 0 Å². The molecule has 146 valence electrons. The Hall–Kier alpha value is -2.77. The molecule has 0 aliphatic carbocycles. The lowest BCUT2D eigenvalue weighted by atomic mass is 10.1. The van der Waals surface area contributed by atoms with Crippen LogP contribution in [-0.4, -0.2) is 14.5 Å². The Morgan fingerprint density at radius 3 is 2.30 bits per heavy atom. The normalized spacial score (nSPS) is 13.1. The molecule has 0 saturated carbocycles. The van der Waals surface area contributed by atoms with Crippen LogP contribution < -0.4 is 10.3 Å². The molecule has 0 unspecified atom stereocenters. The van der Waals surface area contributed by atoms with E-state index >= 15 is 0 Å². The predicted molar refractivity (Wildman–Crippen MR) is 124 cm³/mol. The van der Waals surface area contributed by atoms with Gasteiger partial charge in [0.1, 0.15) is 12.3 Å². The lowest BCUT2D eigenvalue weighted by Crippen LogP contribution is -2.24. The van der Waals surface area contributed by atoms with Crippen LogP contribution in [0.25, 0.3) is 32.7 Å². The molecule has 7 heteroatoms. The van der Waals surface area contributed by atoms with Gasteiger partial charge in [0.25, 0.3) is 5.56 Å². The summed E-state index contributed by atoms with van der Waals surface area (Å²) in [7, 11) is 0. The second-order valence-electron chi connectivity index (χ2n) is 7.28. The van der Waals surface area contributed by atoms with Gasteiger partial charge < -0.3 is 4.74 Å². The topological polar surface area (TPSA) is 57.0 Å². The van der Waals surface area contributed by atoms with Crippen LogP contribution in [0.5, 0.6) is 5.75 Å². The van der Waals surface area contributed by atoms with Gasteiger partial charge in [-0.25, -0.2) is 9.97 Å². The third-order valence-electron chi connectivity index (χ3n) is 5.47. The van der Waals surface area contributed by atoms with Crippen molar-refractivity contribution < 1.29 is 4.74 Å². The van der Waals surface area contributed by atoms with E-state index in [9.17, 15) is 4.79 Å². The molecule has 0 spiro atoms. The minimum atomic E-state index is -0.106. The first-order valence-corrected chi connectivity index (χ1v) is 11.0. The molecule has 0 bridgehead atoms. The summed E-state index contributed by atoms with van der Waals surface area (Å²) in [5.74, 6) is 0.636. The van der Waals surface area contributed by atoms with Gasteiger partial charge in [-0.3, -0.25) is 9.36 Å². The molecule has 0 N–H and O–H groups in total. The lowest BCUT2D eigenvalue weighted by Gasteiger charge is -2.21. The minimum absolute atomic E-state index is 0.106. The summed E-state index contributed by atoms with van der Waals surface area (Å²) >= 11 is 7.18. The van der Waals surface area contributed by atoms with Crippen molar-refractivity contribution in [2.75, 3.05) is 0 Å². The Morgan fingerprint density at radius 1 is 0.867 bits per heavy atom. The number of halogens is 2. The molecule has 5 aromatic rings. The highest BCUT2D eigenvalue weighted by Gasteiger charge is 2.21. The Bertz CT molecular complexity index is 1580. The average Bonchev–Trinajstić information content (AvgIpc) is 2.72. The fourth-order valence-electron chi connectivity index (χ4n) is 4.03. The molecule has 2 aromatic heterocycles. The number of hydrogen-bond acceptors (Lipinski definition) is 4. The van der Waals surface area contributed by atoms with Gasteiger partial charge in [0, 0.05) is 15.9 Å².